The SMILES string of the molecule is Cc1oc(-n2cccc2)c(C#N)c1C(=O)OCC(=O)NC(C)(C)C. The van der Waals surface area contributed by atoms with E-state index in [1.165, 1.54) is 0 Å². The Morgan fingerprint density at radius 2 is 1.96 bits per heavy atom. The molecule has 0 unspecified atom stereocenters. The van der Waals surface area contributed by atoms with Gasteiger partial charge in [0.1, 0.15) is 23.0 Å². The molecule has 2 heterocycles. The summed E-state index contributed by atoms with van der Waals surface area (Å²) < 4.78 is 12.1. The molecule has 0 aliphatic carbocycles. The van der Waals surface area contributed by atoms with Gasteiger partial charge in [0.05, 0.1) is 0 Å². The predicted octanol–water partition coefficient (Wildman–Crippen LogP) is 2.32. The highest BCUT2D eigenvalue weighted by Gasteiger charge is 2.26. The van der Waals surface area contributed by atoms with E-state index in [1.807, 2.05) is 26.8 Å². The molecule has 0 saturated heterocycles. The number of nitrogens with one attached hydrogen (secondary N) is 1. The van der Waals surface area contributed by atoms with Gasteiger partial charge in [-0.15, -0.1) is 0 Å². The molecular weight excluding hydrogens is 310 g/mol. The van der Waals surface area contributed by atoms with E-state index in [1.54, 1.807) is 36.0 Å². The van der Waals surface area contributed by atoms with Crippen LogP contribution in [-0.2, 0) is 9.53 Å². The van der Waals surface area contributed by atoms with E-state index in [0.717, 1.165) is 0 Å². The summed E-state index contributed by atoms with van der Waals surface area (Å²) in [5, 5.41) is 12.1. The average molecular weight is 329 g/mol. The maximum absolute atomic E-state index is 12.3. The molecule has 0 radical (unpaired) electrons. The molecule has 0 fully saturated rings. The molecule has 0 spiro atoms. The van der Waals surface area contributed by atoms with Crippen molar-refractivity contribution in [1.82, 2.24) is 9.88 Å². The van der Waals surface area contributed by atoms with Crippen LogP contribution in [0.25, 0.3) is 5.88 Å². The summed E-state index contributed by atoms with van der Waals surface area (Å²) in [5.74, 6) is -0.682. The number of amides is 1. The molecule has 0 aliphatic rings. The zero-order valence-electron chi connectivity index (χ0n) is 14.0. The molecule has 1 amide bonds. The van der Waals surface area contributed by atoms with Crippen LogP contribution in [0.3, 0.4) is 0 Å². The Balaban J connectivity index is 2.19. The minimum absolute atomic E-state index is 0.0322. The second kappa shape index (κ2) is 6.62. The van der Waals surface area contributed by atoms with Crippen LogP contribution in [0.5, 0.6) is 0 Å². The second-order valence-corrected chi connectivity index (χ2v) is 6.29. The van der Waals surface area contributed by atoms with Crippen molar-refractivity contribution >= 4 is 11.9 Å². The van der Waals surface area contributed by atoms with Gasteiger partial charge in [-0.2, -0.15) is 5.26 Å². The molecule has 0 aromatic carbocycles. The Kier molecular flexibility index (Phi) is 4.79. The molecule has 7 nitrogen and oxygen atoms in total. The van der Waals surface area contributed by atoms with Gasteiger partial charge >= 0.3 is 5.97 Å². The first-order chi connectivity index (χ1) is 11.2. The van der Waals surface area contributed by atoms with Crippen LogP contribution in [0, 0.1) is 18.3 Å². The predicted molar refractivity (Wildman–Crippen MR) is 85.7 cm³/mol. The van der Waals surface area contributed by atoms with E-state index in [-0.39, 0.29) is 22.8 Å². The van der Waals surface area contributed by atoms with Gasteiger partial charge in [-0.1, -0.05) is 0 Å². The highest BCUT2D eigenvalue weighted by atomic mass is 16.5. The van der Waals surface area contributed by atoms with Crippen LogP contribution in [0.1, 0.15) is 42.5 Å². The fourth-order valence-electron chi connectivity index (χ4n) is 2.19. The molecule has 7 heteroatoms. The van der Waals surface area contributed by atoms with Crippen LogP contribution in [-0.4, -0.2) is 28.6 Å². The van der Waals surface area contributed by atoms with Crippen LogP contribution >= 0.6 is 0 Å². The Morgan fingerprint density at radius 1 is 1.33 bits per heavy atom. The number of nitrogens with zero attached hydrogens (tertiary/aromatic N) is 2. The van der Waals surface area contributed by atoms with Crippen LogP contribution in [0.15, 0.2) is 28.9 Å². The fourth-order valence-corrected chi connectivity index (χ4v) is 2.19. The molecule has 0 atom stereocenters. The average Bonchev–Trinajstić information content (AvgIpc) is 3.09. The van der Waals surface area contributed by atoms with Crippen molar-refractivity contribution in [1.29, 1.82) is 5.26 Å². The van der Waals surface area contributed by atoms with Gasteiger partial charge in [0.2, 0.25) is 5.88 Å². The summed E-state index contributed by atoms with van der Waals surface area (Å²) in [7, 11) is 0. The third-order valence-electron chi connectivity index (χ3n) is 3.07. The van der Waals surface area contributed by atoms with Crippen molar-refractivity contribution < 1.29 is 18.7 Å². The molecule has 0 saturated carbocycles. The van der Waals surface area contributed by atoms with Crippen molar-refractivity contribution in [2.45, 2.75) is 33.2 Å². The topological polar surface area (TPSA) is 97.3 Å². The lowest BCUT2D eigenvalue weighted by molar-refractivity contribution is -0.125. The highest BCUT2D eigenvalue weighted by molar-refractivity contribution is 5.95. The monoisotopic (exact) mass is 329 g/mol. The number of hydrogen-bond donors (Lipinski definition) is 1. The first-order valence-corrected chi connectivity index (χ1v) is 7.38. The lowest BCUT2D eigenvalue weighted by atomic mass is 10.1. The van der Waals surface area contributed by atoms with Gasteiger partial charge in [0.25, 0.3) is 5.91 Å². The first kappa shape index (κ1) is 17.3. The summed E-state index contributed by atoms with van der Waals surface area (Å²) in [6, 6.07) is 5.51. The van der Waals surface area contributed by atoms with E-state index in [0.29, 0.717) is 0 Å². The summed E-state index contributed by atoms with van der Waals surface area (Å²) >= 11 is 0. The molecule has 0 bridgehead atoms. The smallest absolute Gasteiger partial charge is 0.343 e. The second-order valence-electron chi connectivity index (χ2n) is 6.29. The van der Waals surface area contributed by atoms with Crippen molar-refractivity contribution in [2.75, 3.05) is 6.61 Å². The number of aromatic nitrogens is 1. The Labute approximate surface area is 139 Å². The summed E-state index contributed by atoms with van der Waals surface area (Å²) in [5.41, 5.74) is -0.316. The van der Waals surface area contributed by atoms with Crippen LogP contribution < -0.4 is 5.32 Å². The standard InChI is InChI=1S/C17H19N3O4/c1-11-14(16(22)23-10-13(21)19-17(2,3)4)12(9-18)15(24-11)20-7-5-6-8-20/h5-8H,10H2,1-4H3,(H,19,21). The minimum Gasteiger partial charge on any atom is -0.452 e. The van der Waals surface area contributed by atoms with E-state index in [4.69, 9.17) is 9.15 Å². The minimum atomic E-state index is -0.768. The zero-order chi connectivity index (χ0) is 17.9. The molecule has 2 rings (SSSR count). The normalized spacial score (nSPS) is 11.0. The summed E-state index contributed by atoms with van der Waals surface area (Å²) in [6.07, 6.45) is 3.40. The Hall–Kier alpha value is -3.01. The zero-order valence-corrected chi connectivity index (χ0v) is 14.0. The number of carbonyl (C=O) groups is 2. The number of esters is 1. The van der Waals surface area contributed by atoms with E-state index in [2.05, 4.69) is 5.32 Å². The van der Waals surface area contributed by atoms with E-state index < -0.39 is 24.0 Å². The molecule has 2 aromatic heterocycles. The lowest BCUT2D eigenvalue weighted by Crippen LogP contribution is -2.42. The van der Waals surface area contributed by atoms with Crippen LogP contribution in [0.2, 0.25) is 0 Å². The van der Waals surface area contributed by atoms with Crippen molar-refractivity contribution in [3.63, 3.8) is 0 Å². The van der Waals surface area contributed by atoms with Gasteiger partial charge in [0, 0.05) is 17.9 Å². The summed E-state index contributed by atoms with van der Waals surface area (Å²) in [6.45, 7) is 6.61. The van der Waals surface area contributed by atoms with Crippen molar-refractivity contribution in [3.05, 3.63) is 41.4 Å². The fraction of sp³-hybridized carbons (Fsp3) is 0.353. The molecule has 24 heavy (non-hydrogen) atoms. The lowest BCUT2D eigenvalue weighted by Gasteiger charge is -2.20. The number of ether oxygens (including phenoxy) is 1. The maximum Gasteiger partial charge on any atom is 0.343 e. The number of furan rings is 1. The van der Waals surface area contributed by atoms with Gasteiger partial charge < -0.3 is 14.5 Å². The third kappa shape index (κ3) is 3.84. The molecule has 2 aromatic rings. The molecule has 126 valence electrons. The quantitative estimate of drug-likeness (QED) is 0.868. The Morgan fingerprint density at radius 3 is 2.50 bits per heavy atom. The largest absolute Gasteiger partial charge is 0.452 e. The van der Waals surface area contributed by atoms with E-state index >= 15 is 0 Å². The summed E-state index contributed by atoms with van der Waals surface area (Å²) in [4.78, 5) is 24.0. The highest BCUT2D eigenvalue weighted by Crippen LogP contribution is 2.26. The number of rotatable bonds is 4. The number of nitriles is 1. The molecular formula is C17H19N3O4. The molecule has 1 N–H and O–H groups in total. The molecule has 0 aliphatic heterocycles. The maximum atomic E-state index is 12.3. The van der Waals surface area contributed by atoms with E-state index in [9.17, 15) is 14.9 Å². The number of hydrogen-bond acceptors (Lipinski definition) is 5. The van der Waals surface area contributed by atoms with Gasteiger partial charge in [0.15, 0.2) is 6.61 Å². The van der Waals surface area contributed by atoms with Gasteiger partial charge in [-0.05, 0) is 39.8 Å². The number of carbonyl (C=O) groups excluding carboxylic acids is 2. The van der Waals surface area contributed by atoms with Crippen LogP contribution in [0.4, 0.5) is 0 Å². The van der Waals surface area contributed by atoms with Gasteiger partial charge in [-0.3, -0.25) is 9.36 Å². The third-order valence-corrected chi connectivity index (χ3v) is 3.07. The first-order valence-electron chi connectivity index (χ1n) is 7.38. The number of aryl methyl sites for hydroxylation is 1. The van der Waals surface area contributed by atoms with Crippen molar-refractivity contribution in [2.24, 2.45) is 0 Å². The van der Waals surface area contributed by atoms with Gasteiger partial charge in [-0.25, -0.2) is 4.79 Å². The Bertz CT molecular complexity index is 789. The van der Waals surface area contributed by atoms with Crippen molar-refractivity contribution in [3.8, 4) is 12.0 Å².